The standard InChI is InChI=1S/C16H18BrN6O/c17-13-9-19-23-15(18-8-11-3-2-6-22(24)10-11)7-14(21-16(13)23)20-12-4-1-5-12/h2-3,6-7,9-10,12,18,24H,1,4-5,8H2,(H,20,21)/q+1. The van der Waals surface area contributed by atoms with Gasteiger partial charge in [0, 0.05) is 35.0 Å². The van der Waals surface area contributed by atoms with Crippen LogP contribution in [0, 0.1) is 0 Å². The molecule has 1 fully saturated rings. The summed E-state index contributed by atoms with van der Waals surface area (Å²) in [5.74, 6) is 1.70. The summed E-state index contributed by atoms with van der Waals surface area (Å²) in [5.41, 5.74) is 1.73. The quantitative estimate of drug-likeness (QED) is 0.461. The van der Waals surface area contributed by atoms with Gasteiger partial charge in [0.25, 0.3) is 0 Å². The van der Waals surface area contributed by atoms with Crippen molar-refractivity contribution in [3.8, 4) is 0 Å². The lowest BCUT2D eigenvalue weighted by Gasteiger charge is -2.27. The highest BCUT2D eigenvalue weighted by Gasteiger charge is 2.19. The Morgan fingerprint density at radius 1 is 1.42 bits per heavy atom. The Labute approximate surface area is 147 Å². The minimum Gasteiger partial charge on any atom is -0.367 e. The zero-order valence-electron chi connectivity index (χ0n) is 13.0. The van der Waals surface area contributed by atoms with E-state index in [1.54, 1.807) is 29.2 Å². The highest BCUT2D eigenvalue weighted by molar-refractivity contribution is 9.10. The van der Waals surface area contributed by atoms with Gasteiger partial charge in [-0.1, -0.05) is 0 Å². The topological polar surface area (TPSA) is 78.4 Å². The lowest BCUT2D eigenvalue weighted by Crippen LogP contribution is -2.29. The van der Waals surface area contributed by atoms with Gasteiger partial charge in [0.2, 0.25) is 12.4 Å². The molecule has 0 aromatic carbocycles. The van der Waals surface area contributed by atoms with Crippen molar-refractivity contribution in [1.82, 2.24) is 14.6 Å². The molecule has 0 atom stereocenters. The van der Waals surface area contributed by atoms with Crippen LogP contribution in [0.1, 0.15) is 24.8 Å². The molecule has 0 amide bonds. The van der Waals surface area contributed by atoms with E-state index < -0.39 is 0 Å². The molecule has 3 heterocycles. The average Bonchev–Trinajstić information content (AvgIpc) is 2.90. The summed E-state index contributed by atoms with van der Waals surface area (Å²) in [7, 11) is 0. The number of nitrogens with zero attached hydrogens (tertiary/aromatic N) is 4. The van der Waals surface area contributed by atoms with Gasteiger partial charge in [-0.2, -0.15) is 9.61 Å². The van der Waals surface area contributed by atoms with Crippen LogP contribution in [0.15, 0.2) is 41.3 Å². The van der Waals surface area contributed by atoms with E-state index in [1.165, 1.54) is 19.3 Å². The molecule has 0 spiro atoms. The number of fused-ring (bicyclic) bond motifs is 1. The zero-order chi connectivity index (χ0) is 16.5. The van der Waals surface area contributed by atoms with Gasteiger partial charge in [0.1, 0.15) is 11.6 Å². The van der Waals surface area contributed by atoms with Crippen molar-refractivity contribution < 1.29 is 9.94 Å². The second-order valence-electron chi connectivity index (χ2n) is 5.97. The first-order chi connectivity index (χ1) is 11.7. The fraction of sp³-hybridized carbons (Fsp3) is 0.312. The molecule has 3 N–H and O–H groups in total. The molecule has 0 aliphatic heterocycles. The van der Waals surface area contributed by atoms with Crippen LogP contribution in [-0.4, -0.2) is 25.8 Å². The van der Waals surface area contributed by atoms with Crippen LogP contribution in [0.3, 0.4) is 0 Å². The lowest BCUT2D eigenvalue weighted by molar-refractivity contribution is -0.905. The molecule has 3 aromatic rings. The summed E-state index contributed by atoms with van der Waals surface area (Å²) in [6.45, 7) is 0.570. The maximum Gasteiger partial charge on any atom is 0.227 e. The van der Waals surface area contributed by atoms with E-state index in [1.807, 2.05) is 12.1 Å². The van der Waals surface area contributed by atoms with Crippen LogP contribution >= 0.6 is 15.9 Å². The number of hydrogen-bond donors (Lipinski definition) is 3. The third-order valence-corrected chi connectivity index (χ3v) is 4.77. The summed E-state index contributed by atoms with van der Waals surface area (Å²) >= 11 is 3.50. The van der Waals surface area contributed by atoms with Crippen molar-refractivity contribution in [2.75, 3.05) is 10.6 Å². The van der Waals surface area contributed by atoms with Crippen LogP contribution in [0.5, 0.6) is 0 Å². The minimum atomic E-state index is 0.511. The van der Waals surface area contributed by atoms with Gasteiger partial charge in [-0.3, -0.25) is 5.21 Å². The molecule has 7 nitrogen and oxygen atoms in total. The summed E-state index contributed by atoms with van der Waals surface area (Å²) in [6.07, 6.45) is 8.64. The Morgan fingerprint density at radius 2 is 2.29 bits per heavy atom. The summed E-state index contributed by atoms with van der Waals surface area (Å²) in [5, 5.41) is 20.7. The molecule has 0 bridgehead atoms. The third kappa shape index (κ3) is 3.01. The Hall–Kier alpha value is -2.35. The smallest absolute Gasteiger partial charge is 0.227 e. The Morgan fingerprint density at radius 3 is 3.04 bits per heavy atom. The van der Waals surface area contributed by atoms with Crippen molar-refractivity contribution in [2.45, 2.75) is 31.8 Å². The van der Waals surface area contributed by atoms with Gasteiger partial charge < -0.3 is 10.6 Å². The number of anilines is 2. The molecular formula is C16H18BrN6O+. The predicted molar refractivity (Wildman–Crippen MR) is 93.1 cm³/mol. The molecule has 0 radical (unpaired) electrons. The molecule has 1 aliphatic rings. The number of aromatic nitrogens is 4. The number of nitrogens with one attached hydrogen (secondary N) is 2. The van der Waals surface area contributed by atoms with Crippen molar-refractivity contribution in [3.05, 3.63) is 46.8 Å². The molecule has 8 heteroatoms. The van der Waals surface area contributed by atoms with E-state index in [9.17, 15) is 5.21 Å². The maximum absolute atomic E-state index is 9.51. The summed E-state index contributed by atoms with van der Waals surface area (Å²) in [4.78, 5) is 4.64. The molecule has 0 saturated heterocycles. The van der Waals surface area contributed by atoms with E-state index in [0.717, 1.165) is 32.0 Å². The Balaban J connectivity index is 1.62. The fourth-order valence-electron chi connectivity index (χ4n) is 2.71. The number of halogens is 1. The van der Waals surface area contributed by atoms with Crippen LogP contribution in [0.2, 0.25) is 0 Å². The van der Waals surface area contributed by atoms with Crippen LogP contribution in [0.4, 0.5) is 11.6 Å². The van der Waals surface area contributed by atoms with E-state index in [0.29, 0.717) is 12.6 Å². The highest BCUT2D eigenvalue weighted by atomic mass is 79.9. The molecule has 1 saturated carbocycles. The van der Waals surface area contributed by atoms with Gasteiger partial charge in [-0.05, 0) is 41.3 Å². The molecular weight excluding hydrogens is 372 g/mol. The van der Waals surface area contributed by atoms with E-state index in [4.69, 9.17) is 0 Å². The lowest BCUT2D eigenvalue weighted by atomic mass is 9.93. The van der Waals surface area contributed by atoms with Crippen molar-refractivity contribution in [1.29, 1.82) is 0 Å². The molecule has 0 unspecified atom stereocenters. The van der Waals surface area contributed by atoms with Gasteiger partial charge in [0.15, 0.2) is 5.65 Å². The Bertz CT molecular complexity index is 876. The molecule has 1 aliphatic carbocycles. The first kappa shape index (κ1) is 15.2. The molecule has 124 valence electrons. The van der Waals surface area contributed by atoms with Gasteiger partial charge in [-0.15, -0.1) is 0 Å². The van der Waals surface area contributed by atoms with E-state index in [2.05, 4.69) is 36.6 Å². The largest absolute Gasteiger partial charge is 0.367 e. The minimum absolute atomic E-state index is 0.511. The molecule has 3 aromatic heterocycles. The first-order valence-electron chi connectivity index (χ1n) is 7.93. The molecule has 4 rings (SSSR count). The number of rotatable bonds is 5. The Kier molecular flexibility index (Phi) is 3.97. The van der Waals surface area contributed by atoms with Gasteiger partial charge in [-0.25, -0.2) is 4.98 Å². The second kappa shape index (κ2) is 6.27. The van der Waals surface area contributed by atoms with Crippen LogP contribution < -0.4 is 15.4 Å². The van der Waals surface area contributed by atoms with Gasteiger partial charge in [0.05, 0.1) is 10.7 Å². The number of hydrogen-bond acceptors (Lipinski definition) is 5. The van der Waals surface area contributed by atoms with E-state index >= 15 is 0 Å². The average molecular weight is 390 g/mol. The zero-order valence-corrected chi connectivity index (χ0v) is 14.6. The SMILES string of the molecule is O[n+]1cccc(CNc2cc(NC3CCC3)nc3c(Br)cnn23)c1. The monoisotopic (exact) mass is 389 g/mol. The van der Waals surface area contributed by atoms with Crippen LogP contribution in [-0.2, 0) is 6.54 Å². The van der Waals surface area contributed by atoms with E-state index in [-0.39, 0.29) is 0 Å². The molecule has 24 heavy (non-hydrogen) atoms. The highest BCUT2D eigenvalue weighted by Crippen LogP contribution is 2.26. The predicted octanol–water partition coefficient (Wildman–Crippen LogP) is 2.59. The second-order valence-corrected chi connectivity index (χ2v) is 6.83. The van der Waals surface area contributed by atoms with Crippen molar-refractivity contribution in [3.63, 3.8) is 0 Å². The third-order valence-electron chi connectivity index (χ3n) is 4.21. The first-order valence-corrected chi connectivity index (χ1v) is 8.72. The normalized spacial score (nSPS) is 14.5. The summed E-state index contributed by atoms with van der Waals surface area (Å²) in [6, 6.07) is 6.23. The van der Waals surface area contributed by atoms with Gasteiger partial charge >= 0.3 is 0 Å². The van der Waals surface area contributed by atoms with Crippen LogP contribution in [0.25, 0.3) is 5.65 Å². The fourth-order valence-corrected chi connectivity index (χ4v) is 3.05. The maximum atomic E-state index is 9.51. The summed E-state index contributed by atoms with van der Waals surface area (Å²) < 4.78 is 3.68. The van der Waals surface area contributed by atoms with Crippen molar-refractivity contribution in [2.24, 2.45) is 0 Å². The number of pyridine rings is 1. The van der Waals surface area contributed by atoms with Crippen molar-refractivity contribution >= 4 is 33.2 Å².